The van der Waals surface area contributed by atoms with Crippen molar-refractivity contribution < 1.29 is 4.74 Å². The lowest BCUT2D eigenvalue weighted by molar-refractivity contribution is 0.0819. The molecule has 0 unspecified atom stereocenters. The van der Waals surface area contributed by atoms with E-state index in [4.69, 9.17) is 4.74 Å². The molecule has 1 aromatic rings. The third-order valence-electron chi connectivity index (χ3n) is 8.56. The zero-order valence-corrected chi connectivity index (χ0v) is 23.6. The molecule has 2 saturated heterocycles. The molecule has 0 bridgehead atoms. The molecule has 3 fully saturated rings. The molecule has 4 aliphatic rings. The summed E-state index contributed by atoms with van der Waals surface area (Å²) in [7, 11) is 1.86. The van der Waals surface area contributed by atoms with E-state index in [0.717, 1.165) is 44.9 Å². The van der Waals surface area contributed by atoms with Crippen LogP contribution in [0.2, 0.25) is 0 Å². The minimum atomic E-state index is 0. The van der Waals surface area contributed by atoms with Gasteiger partial charge in [0.15, 0.2) is 0 Å². The fraction of sp³-hybridized carbons (Fsp3) is 0.733. The molecule has 1 aromatic carbocycles. The molecule has 4 nitrogen and oxygen atoms in total. The van der Waals surface area contributed by atoms with E-state index in [9.17, 15) is 0 Å². The molecule has 0 amide bonds. The zero-order chi connectivity index (χ0) is 23.9. The van der Waals surface area contributed by atoms with Gasteiger partial charge in [-0.05, 0) is 79.0 Å². The highest BCUT2D eigenvalue weighted by atomic mass is 35.5. The number of piperidine rings is 1. The van der Waals surface area contributed by atoms with Crippen LogP contribution in [0.4, 0.5) is 11.4 Å². The van der Waals surface area contributed by atoms with Crippen molar-refractivity contribution in [2.24, 2.45) is 16.7 Å². The number of piperazine rings is 1. The zero-order valence-electron chi connectivity index (χ0n) is 22.8. The first kappa shape index (κ1) is 26.8. The van der Waals surface area contributed by atoms with Gasteiger partial charge < -0.3 is 14.5 Å². The summed E-state index contributed by atoms with van der Waals surface area (Å²) in [5.74, 6) is 0.987. The van der Waals surface area contributed by atoms with Gasteiger partial charge in [0.25, 0.3) is 0 Å². The number of methoxy groups -OCH3 is 1. The van der Waals surface area contributed by atoms with Crippen molar-refractivity contribution in [2.45, 2.75) is 72.3 Å². The van der Waals surface area contributed by atoms with Gasteiger partial charge in [-0.25, -0.2) is 0 Å². The maximum atomic E-state index is 5.63. The number of allylic oxidation sites excluding steroid dienone is 2. The lowest BCUT2D eigenvalue weighted by Crippen LogP contribution is -2.47. The average molecular weight is 502 g/mol. The lowest BCUT2D eigenvalue weighted by atomic mass is 9.65. The van der Waals surface area contributed by atoms with Crippen molar-refractivity contribution >= 4 is 29.4 Å². The smallest absolute Gasteiger partial charge is 0.0605 e. The average Bonchev–Trinajstić information content (AvgIpc) is 3.61. The van der Waals surface area contributed by atoms with Crippen molar-refractivity contribution in [2.75, 3.05) is 62.7 Å². The lowest BCUT2D eigenvalue weighted by Gasteiger charge is -2.42. The number of ether oxygens (including phenoxy) is 1. The predicted molar refractivity (Wildman–Crippen MR) is 152 cm³/mol. The third kappa shape index (κ3) is 6.56. The maximum absolute atomic E-state index is 5.63. The second-order valence-corrected chi connectivity index (χ2v) is 13.0. The number of hydrogen-bond acceptors (Lipinski definition) is 4. The monoisotopic (exact) mass is 501 g/mol. The van der Waals surface area contributed by atoms with Crippen molar-refractivity contribution in [3.8, 4) is 0 Å². The second-order valence-electron chi connectivity index (χ2n) is 13.0. The third-order valence-corrected chi connectivity index (χ3v) is 8.56. The number of halogens is 1. The summed E-state index contributed by atoms with van der Waals surface area (Å²) in [5, 5.41) is 0. The summed E-state index contributed by atoms with van der Waals surface area (Å²) in [6, 6.07) is 7.36. The Morgan fingerprint density at radius 3 is 2.17 bits per heavy atom. The van der Waals surface area contributed by atoms with Gasteiger partial charge in [0, 0.05) is 69.9 Å². The minimum Gasteiger partial charge on any atom is -0.381 e. The summed E-state index contributed by atoms with van der Waals surface area (Å²) in [6.07, 6.45) is 10.6. The molecule has 2 heterocycles. The van der Waals surface area contributed by atoms with Crippen LogP contribution < -0.4 is 9.80 Å². The quantitative estimate of drug-likeness (QED) is 0.443. The fourth-order valence-electron chi connectivity index (χ4n) is 7.00. The van der Waals surface area contributed by atoms with Crippen LogP contribution in [0.5, 0.6) is 0 Å². The van der Waals surface area contributed by atoms with Gasteiger partial charge in [-0.1, -0.05) is 33.8 Å². The summed E-state index contributed by atoms with van der Waals surface area (Å²) in [4.78, 5) is 7.96. The van der Waals surface area contributed by atoms with Gasteiger partial charge >= 0.3 is 0 Å². The van der Waals surface area contributed by atoms with E-state index < -0.39 is 0 Å². The van der Waals surface area contributed by atoms with Crippen molar-refractivity contribution in [3.63, 3.8) is 0 Å². The summed E-state index contributed by atoms with van der Waals surface area (Å²) >= 11 is 0. The van der Waals surface area contributed by atoms with Gasteiger partial charge in [-0.3, -0.25) is 4.90 Å². The first-order valence-electron chi connectivity index (χ1n) is 13.8. The highest BCUT2D eigenvalue weighted by molar-refractivity contribution is 5.85. The van der Waals surface area contributed by atoms with Gasteiger partial charge in [0.2, 0.25) is 0 Å². The largest absolute Gasteiger partial charge is 0.381 e. The number of anilines is 2. The standard InChI is InChI=1S/C30H47N3O.ClH/c1-29(2)19-24(20-30(3,4)22-29)27-18-25(32-12-10-26(34-5)11-13-32)8-9-28(27)33-16-14-31(15-17-33)21-23-6-7-23;/h8-9,18-19,23,26H,6-7,10-17,20-22H2,1-5H3;1H. The molecule has 2 aliphatic carbocycles. The molecule has 5 rings (SSSR count). The summed E-state index contributed by atoms with van der Waals surface area (Å²) in [6.45, 7) is 18.0. The van der Waals surface area contributed by atoms with Crippen LogP contribution in [0.1, 0.15) is 71.8 Å². The molecule has 196 valence electrons. The van der Waals surface area contributed by atoms with Crippen molar-refractivity contribution in [1.29, 1.82) is 0 Å². The van der Waals surface area contributed by atoms with Crippen LogP contribution in [-0.4, -0.2) is 63.9 Å². The van der Waals surface area contributed by atoms with Gasteiger partial charge in [0.05, 0.1) is 6.10 Å². The molecule has 2 aliphatic heterocycles. The Morgan fingerprint density at radius 2 is 1.57 bits per heavy atom. The Balaban J connectivity index is 0.00000289. The minimum absolute atomic E-state index is 0. The number of hydrogen-bond donors (Lipinski definition) is 0. The molecular formula is C30H48ClN3O. The second kappa shape index (κ2) is 10.6. The highest BCUT2D eigenvalue weighted by Crippen LogP contribution is 2.49. The first-order valence-corrected chi connectivity index (χ1v) is 13.8. The fourth-order valence-corrected chi connectivity index (χ4v) is 7.00. The van der Waals surface area contributed by atoms with Crippen LogP contribution in [0.15, 0.2) is 24.3 Å². The van der Waals surface area contributed by atoms with Crippen molar-refractivity contribution in [3.05, 3.63) is 29.8 Å². The Bertz CT molecular complexity index is 891. The SMILES string of the molecule is COC1CCN(c2ccc(N3CCN(CC4CC4)CC3)c(C3=CC(C)(C)CC(C)(C)C3)c2)CC1.Cl. The molecule has 1 saturated carbocycles. The Kier molecular flexibility index (Phi) is 8.15. The Morgan fingerprint density at radius 1 is 0.886 bits per heavy atom. The molecule has 0 spiro atoms. The Labute approximate surface area is 220 Å². The van der Waals surface area contributed by atoms with E-state index in [-0.39, 0.29) is 17.8 Å². The normalized spacial score (nSPS) is 25.2. The van der Waals surface area contributed by atoms with Gasteiger partial charge in [-0.15, -0.1) is 12.4 Å². The van der Waals surface area contributed by atoms with Gasteiger partial charge in [0.1, 0.15) is 0 Å². The van der Waals surface area contributed by atoms with E-state index in [2.05, 4.69) is 66.7 Å². The summed E-state index contributed by atoms with van der Waals surface area (Å²) < 4.78 is 5.63. The van der Waals surface area contributed by atoms with Crippen molar-refractivity contribution in [1.82, 2.24) is 4.90 Å². The topological polar surface area (TPSA) is 19.0 Å². The van der Waals surface area contributed by atoms with Crippen LogP contribution in [-0.2, 0) is 4.74 Å². The van der Waals surface area contributed by atoms with E-state index >= 15 is 0 Å². The summed E-state index contributed by atoms with van der Waals surface area (Å²) in [5.41, 5.74) is 6.47. The number of benzene rings is 1. The van der Waals surface area contributed by atoms with E-state index in [0.29, 0.717) is 11.5 Å². The molecular weight excluding hydrogens is 454 g/mol. The van der Waals surface area contributed by atoms with E-state index in [1.165, 1.54) is 62.3 Å². The van der Waals surface area contributed by atoms with E-state index in [1.54, 1.807) is 5.57 Å². The molecule has 0 aromatic heterocycles. The molecule has 5 heteroatoms. The highest BCUT2D eigenvalue weighted by Gasteiger charge is 2.35. The molecule has 35 heavy (non-hydrogen) atoms. The van der Waals surface area contributed by atoms with E-state index in [1.807, 2.05) is 7.11 Å². The number of rotatable bonds is 6. The predicted octanol–water partition coefficient (Wildman–Crippen LogP) is 6.49. The molecule has 0 N–H and O–H groups in total. The van der Waals surface area contributed by atoms with Crippen LogP contribution in [0.3, 0.4) is 0 Å². The number of nitrogens with zero attached hydrogens (tertiary/aromatic N) is 3. The Hall–Kier alpha value is -1.23. The van der Waals surface area contributed by atoms with Crippen LogP contribution in [0, 0.1) is 16.7 Å². The molecule has 0 radical (unpaired) electrons. The maximum Gasteiger partial charge on any atom is 0.0605 e. The molecule has 0 atom stereocenters. The van der Waals surface area contributed by atoms with Crippen LogP contribution in [0.25, 0.3) is 5.57 Å². The van der Waals surface area contributed by atoms with Gasteiger partial charge in [-0.2, -0.15) is 0 Å². The first-order chi connectivity index (χ1) is 16.2. The van der Waals surface area contributed by atoms with Crippen LogP contribution >= 0.6 is 12.4 Å².